The average molecular weight is 1050 g/mol. The van der Waals surface area contributed by atoms with Crippen molar-refractivity contribution in [3.05, 3.63) is 108 Å². The molecule has 20 nitrogen and oxygen atoms in total. The van der Waals surface area contributed by atoms with E-state index in [4.69, 9.17) is 11.5 Å². The Balaban J connectivity index is 1.57. The van der Waals surface area contributed by atoms with Gasteiger partial charge in [-0.1, -0.05) is 113 Å². The van der Waals surface area contributed by atoms with Gasteiger partial charge in [-0.15, -0.1) is 0 Å². The molecule has 3 aromatic carbocycles. The molecular formula is C51H72N10O10S2. The summed E-state index contributed by atoms with van der Waals surface area (Å²) in [4.78, 5) is 99.3. The standard InChI is InChI=1S/C51H72N10O10S2/c1-31(63)41(28-62)58-50(70)43(60-51(71)45(32(2)64)61-44(65)22-12-4-5-15-23-52)30-73-72-29-42(59-46(66)37(53)24-33-16-8-6-9-17-33)49(69)56-39(25-34-18-10-7-11-19-34)48(68)57-40(47(67)54-3)26-35-27-55-38-21-14-13-20-36(35)38/h6-11,13-14,16-21,27,31-32,37,39-43,45,55,62-64H,4-5,12,15,22-26,28-30,52-53H2,1-3H3,(H,54,67)(H,56,69)(H,57,68)(H,58,70)(H,59,66)(H,60,71)(H,61,65)/t31-,32-,37-,39+,40-,41-,42+,43+,45+/m1/s1. The second-order valence-electron chi connectivity index (χ2n) is 17.8. The first-order valence-electron chi connectivity index (χ1n) is 24.4. The number of hydrogen-bond donors (Lipinski definition) is 13. The van der Waals surface area contributed by atoms with E-state index in [2.05, 4.69) is 42.2 Å². The molecule has 4 aromatic rings. The van der Waals surface area contributed by atoms with Crippen LogP contribution >= 0.6 is 21.6 Å². The van der Waals surface area contributed by atoms with Crippen LogP contribution in [-0.4, -0.2) is 148 Å². The molecular weight excluding hydrogens is 977 g/mol. The number of benzene rings is 3. The topological polar surface area (TPSA) is 332 Å². The third kappa shape index (κ3) is 20.1. The lowest BCUT2D eigenvalue weighted by atomic mass is 10.0. The van der Waals surface area contributed by atoms with E-state index in [0.29, 0.717) is 18.5 Å². The van der Waals surface area contributed by atoms with Gasteiger partial charge in [0.05, 0.1) is 30.9 Å². The Morgan fingerprint density at radius 1 is 0.589 bits per heavy atom. The number of aromatic nitrogens is 1. The van der Waals surface area contributed by atoms with Crippen molar-refractivity contribution in [2.45, 2.75) is 120 Å². The summed E-state index contributed by atoms with van der Waals surface area (Å²) in [5, 5.41) is 50.1. The molecule has 15 N–H and O–H groups in total. The zero-order valence-electron chi connectivity index (χ0n) is 41.5. The minimum absolute atomic E-state index is 0.00250. The van der Waals surface area contributed by atoms with E-state index in [0.717, 1.165) is 62.9 Å². The highest BCUT2D eigenvalue weighted by Gasteiger charge is 2.34. The van der Waals surface area contributed by atoms with Crippen LogP contribution in [0.3, 0.4) is 0 Å². The molecule has 22 heteroatoms. The van der Waals surface area contributed by atoms with Gasteiger partial charge < -0.3 is 69.0 Å². The lowest BCUT2D eigenvalue weighted by molar-refractivity contribution is -0.134. The van der Waals surface area contributed by atoms with Gasteiger partial charge in [-0.3, -0.25) is 33.6 Å². The second-order valence-corrected chi connectivity index (χ2v) is 20.3. The lowest BCUT2D eigenvalue weighted by Crippen LogP contribution is -2.59. The quantitative estimate of drug-likeness (QED) is 0.0230. The van der Waals surface area contributed by atoms with Crippen LogP contribution < -0.4 is 48.7 Å². The fourth-order valence-electron chi connectivity index (χ4n) is 7.64. The van der Waals surface area contributed by atoms with E-state index in [1.54, 1.807) is 60.8 Å². The van der Waals surface area contributed by atoms with E-state index in [1.807, 2.05) is 30.3 Å². The number of rotatable bonds is 32. The molecule has 1 aromatic heterocycles. The molecule has 0 saturated heterocycles. The van der Waals surface area contributed by atoms with E-state index >= 15 is 0 Å². The Hall–Kier alpha value is -6.01. The number of H-pyrrole nitrogens is 1. The number of nitrogens with two attached hydrogens (primary N) is 2. The van der Waals surface area contributed by atoms with Crippen LogP contribution in [0.4, 0.5) is 0 Å². The molecule has 0 radical (unpaired) electrons. The van der Waals surface area contributed by atoms with Crippen molar-refractivity contribution in [1.82, 2.24) is 42.2 Å². The van der Waals surface area contributed by atoms with Gasteiger partial charge >= 0.3 is 0 Å². The van der Waals surface area contributed by atoms with Crippen molar-refractivity contribution < 1.29 is 48.9 Å². The Morgan fingerprint density at radius 3 is 1.68 bits per heavy atom. The van der Waals surface area contributed by atoms with Crippen molar-refractivity contribution in [3.8, 4) is 0 Å². The highest BCUT2D eigenvalue weighted by Crippen LogP contribution is 2.24. The number of aliphatic hydroxyl groups is 3. The summed E-state index contributed by atoms with van der Waals surface area (Å²) < 4.78 is 0. The number of nitrogens with one attached hydrogen (secondary N) is 8. The molecule has 0 aliphatic heterocycles. The summed E-state index contributed by atoms with van der Waals surface area (Å²) in [7, 11) is 3.52. The van der Waals surface area contributed by atoms with E-state index < -0.39 is 102 Å². The van der Waals surface area contributed by atoms with Crippen molar-refractivity contribution in [1.29, 1.82) is 0 Å². The molecule has 0 aliphatic carbocycles. The van der Waals surface area contributed by atoms with Gasteiger partial charge in [-0.05, 0) is 62.4 Å². The molecule has 73 heavy (non-hydrogen) atoms. The molecule has 0 saturated carbocycles. The maximum absolute atomic E-state index is 14.5. The number of likely N-dealkylation sites (N-methyl/N-ethyl adjacent to an activating group) is 1. The molecule has 0 spiro atoms. The Morgan fingerprint density at radius 2 is 1.11 bits per heavy atom. The number of aromatic amines is 1. The zero-order valence-corrected chi connectivity index (χ0v) is 43.1. The first kappa shape index (κ1) is 59.6. The fourth-order valence-corrected chi connectivity index (χ4v) is 9.97. The smallest absolute Gasteiger partial charge is 0.245 e. The Labute approximate surface area is 433 Å². The van der Waals surface area contributed by atoms with Gasteiger partial charge in [-0.2, -0.15) is 0 Å². The maximum Gasteiger partial charge on any atom is 0.245 e. The predicted octanol–water partition coefficient (Wildman–Crippen LogP) is 0.222. The summed E-state index contributed by atoms with van der Waals surface area (Å²) in [6.07, 6.45) is 2.49. The third-order valence-electron chi connectivity index (χ3n) is 11.9. The van der Waals surface area contributed by atoms with E-state index in [9.17, 15) is 48.9 Å². The molecule has 0 fully saturated rings. The average Bonchev–Trinajstić information content (AvgIpc) is 3.79. The largest absolute Gasteiger partial charge is 0.394 e. The van der Waals surface area contributed by atoms with Gasteiger partial charge in [-0.25, -0.2) is 0 Å². The highest BCUT2D eigenvalue weighted by molar-refractivity contribution is 8.76. The van der Waals surface area contributed by atoms with Gasteiger partial charge in [0.15, 0.2) is 0 Å². The molecule has 0 bridgehead atoms. The SMILES string of the molecule is CNC(=O)[C@@H](Cc1c[nH]c2ccccc12)NC(=O)[C@H](Cc1ccccc1)NC(=O)[C@H](CSSC[C@H](NC(=O)[C@@H](NC(=O)CCCCCCN)[C@@H](C)O)C(=O)N[C@H](CO)[C@@H](C)O)NC(=O)[C@H](N)Cc1ccccc1. The molecule has 9 atom stereocenters. The predicted molar refractivity (Wildman–Crippen MR) is 283 cm³/mol. The van der Waals surface area contributed by atoms with Crippen LogP contribution in [0.5, 0.6) is 0 Å². The first-order valence-corrected chi connectivity index (χ1v) is 26.9. The Bertz CT molecular complexity index is 2380. The monoisotopic (exact) mass is 1050 g/mol. The fraction of sp³-hybridized carbons (Fsp3) is 0.471. The number of hydrogen-bond acceptors (Lipinski definition) is 14. The number of para-hydroxylation sites is 1. The van der Waals surface area contributed by atoms with Crippen LogP contribution in [0, 0.1) is 0 Å². The summed E-state index contributed by atoms with van der Waals surface area (Å²) in [6.45, 7) is 2.57. The van der Waals surface area contributed by atoms with Crippen LogP contribution in [0.2, 0.25) is 0 Å². The maximum atomic E-state index is 14.5. The number of carbonyl (C=O) groups is 7. The van der Waals surface area contributed by atoms with E-state index in [1.165, 1.54) is 20.9 Å². The van der Waals surface area contributed by atoms with E-state index in [-0.39, 0.29) is 37.2 Å². The first-order chi connectivity index (χ1) is 35.0. The normalized spacial score (nSPS) is 15.0. The van der Waals surface area contributed by atoms with Crippen LogP contribution in [0.1, 0.15) is 62.6 Å². The van der Waals surface area contributed by atoms with Crippen LogP contribution in [0.25, 0.3) is 10.9 Å². The summed E-state index contributed by atoms with van der Waals surface area (Å²) in [6, 6.07) is 16.8. The number of aliphatic hydroxyl groups excluding tert-OH is 3. The minimum atomic E-state index is -1.44. The molecule has 0 unspecified atom stereocenters. The van der Waals surface area contributed by atoms with Crippen molar-refractivity contribution in [3.63, 3.8) is 0 Å². The molecule has 398 valence electrons. The Kier molecular flexibility index (Phi) is 25.7. The summed E-state index contributed by atoms with van der Waals surface area (Å²) >= 11 is 0. The van der Waals surface area contributed by atoms with Gasteiger partial charge in [0.2, 0.25) is 41.4 Å². The number of carbonyl (C=O) groups excluding carboxylic acids is 7. The van der Waals surface area contributed by atoms with Crippen LogP contribution in [-0.2, 0) is 52.8 Å². The van der Waals surface area contributed by atoms with Crippen molar-refractivity contribution in [2.75, 3.05) is 31.7 Å². The molecule has 4 rings (SSSR count). The molecule has 1 heterocycles. The van der Waals surface area contributed by atoms with Gasteiger partial charge in [0, 0.05) is 54.9 Å². The lowest BCUT2D eigenvalue weighted by Gasteiger charge is -2.27. The van der Waals surface area contributed by atoms with Crippen molar-refractivity contribution >= 4 is 73.8 Å². The molecule has 0 aliphatic rings. The van der Waals surface area contributed by atoms with Crippen LogP contribution in [0.15, 0.2) is 91.1 Å². The van der Waals surface area contributed by atoms with Gasteiger partial charge in [0.1, 0.15) is 30.2 Å². The number of fused-ring (bicyclic) bond motifs is 1. The van der Waals surface area contributed by atoms with Gasteiger partial charge in [0.25, 0.3) is 0 Å². The highest BCUT2D eigenvalue weighted by atomic mass is 33.1. The third-order valence-corrected chi connectivity index (χ3v) is 14.3. The second kappa shape index (κ2) is 31.6. The number of unbranched alkanes of at least 4 members (excludes halogenated alkanes) is 3. The minimum Gasteiger partial charge on any atom is -0.394 e. The number of amides is 7. The summed E-state index contributed by atoms with van der Waals surface area (Å²) in [5.41, 5.74) is 15.0. The molecule has 7 amide bonds. The van der Waals surface area contributed by atoms with Crippen molar-refractivity contribution in [2.24, 2.45) is 11.5 Å². The zero-order chi connectivity index (χ0) is 53.3. The summed E-state index contributed by atoms with van der Waals surface area (Å²) in [5.74, 6) is -5.08.